The predicted octanol–water partition coefficient (Wildman–Crippen LogP) is -2.47. The van der Waals surface area contributed by atoms with E-state index in [1.807, 2.05) is 0 Å². The maximum Gasteiger partial charge on any atom is 1.00 e. The molecule has 0 radical (unpaired) electrons. The molecule has 0 aliphatic heterocycles. The molecule has 1 atom stereocenters. The summed E-state index contributed by atoms with van der Waals surface area (Å²) in [5.74, 6) is 0.0776. The largest absolute Gasteiger partial charge is 1.00 e. The van der Waals surface area contributed by atoms with Gasteiger partial charge in [-0.2, -0.15) is 9.97 Å². The van der Waals surface area contributed by atoms with Crippen molar-refractivity contribution in [2.45, 2.75) is 12.4 Å². The van der Waals surface area contributed by atoms with Crippen LogP contribution < -0.4 is 43.8 Å². The Morgan fingerprint density at radius 1 is 1.12 bits per heavy atom. The topological polar surface area (TPSA) is 144 Å². The van der Waals surface area contributed by atoms with Gasteiger partial charge in [0, 0.05) is 5.69 Å². The zero-order chi connectivity index (χ0) is 17.9. The molecule has 12 heteroatoms. The third kappa shape index (κ3) is 5.49. The minimum Gasteiger partial charge on any atom is -0.746 e. The van der Waals surface area contributed by atoms with Gasteiger partial charge in [-0.15, -0.1) is 0 Å². The van der Waals surface area contributed by atoms with Crippen LogP contribution in [0.1, 0.15) is 16.8 Å². The van der Waals surface area contributed by atoms with Gasteiger partial charge in [0.15, 0.2) is 11.2 Å². The van der Waals surface area contributed by atoms with Crippen molar-refractivity contribution < 1.29 is 61.8 Å². The number of pyridine rings is 1. The van der Waals surface area contributed by atoms with Gasteiger partial charge >= 0.3 is 35.6 Å². The summed E-state index contributed by atoms with van der Waals surface area (Å²) in [7, 11) is -2.29. The Morgan fingerprint density at radius 3 is 2.16 bits per heavy atom. The molecule has 0 aliphatic carbocycles. The second kappa shape index (κ2) is 8.74. The summed E-state index contributed by atoms with van der Waals surface area (Å²) in [6, 6.07) is 3.99. The molecular formula is C13H14N3NaO7S. The van der Waals surface area contributed by atoms with Gasteiger partial charge in [-0.05, 0) is 19.1 Å². The number of aliphatic hydroxyl groups excluding tert-OH is 1. The smallest absolute Gasteiger partial charge is 0.746 e. The van der Waals surface area contributed by atoms with Gasteiger partial charge in [0.05, 0.1) is 20.3 Å². The first kappa shape index (κ1) is 21.5. The van der Waals surface area contributed by atoms with Gasteiger partial charge in [-0.25, -0.2) is 8.42 Å². The molecule has 0 saturated carbocycles. The molecule has 130 valence electrons. The van der Waals surface area contributed by atoms with Crippen molar-refractivity contribution in [2.24, 2.45) is 0 Å². The quantitative estimate of drug-likeness (QED) is 0.423. The van der Waals surface area contributed by atoms with Crippen LogP contribution in [0.3, 0.4) is 0 Å². The fraction of sp³-hybridized carbons (Fsp3) is 0.308. The average molecular weight is 379 g/mol. The summed E-state index contributed by atoms with van der Waals surface area (Å²) in [6.07, 6.45) is 0. The normalized spacial score (nSPS) is 12.0. The predicted molar refractivity (Wildman–Crippen MR) is 78.8 cm³/mol. The molecule has 2 rings (SSSR count). The standard InChI is InChI=1S/C13H15N3O7S.Na/c1-7-4-5-8(11(14-7)12(17)24(18,19)20)23-13-15-9(21-2)6-10(16-13)22-3;/h4-6,12,17H,1-3H3,(H,18,19,20);/q;+1/p-1. The average Bonchev–Trinajstić information content (AvgIpc) is 2.54. The van der Waals surface area contributed by atoms with E-state index in [-0.39, 0.29) is 53.1 Å². The van der Waals surface area contributed by atoms with Gasteiger partial charge in [0.25, 0.3) is 0 Å². The Kier molecular flexibility index (Phi) is 7.53. The number of aryl methyl sites for hydroxylation is 1. The zero-order valence-electron chi connectivity index (χ0n) is 14.0. The summed E-state index contributed by atoms with van der Waals surface area (Å²) in [6.45, 7) is 1.56. The number of nitrogens with zero attached hydrogens (tertiary/aromatic N) is 3. The second-order valence-electron chi connectivity index (χ2n) is 4.52. The minimum atomic E-state index is -5.04. The molecule has 0 aliphatic rings. The Hall–Kier alpha value is -1.50. The summed E-state index contributed by atoms with van der Waals surface area (Å²) in [5, 5.41) is 9.71. The first-order valence-electron chi connectivity index (χ1n) is 6.50. The van der Waals surface area contributed by atoms with Crippen LogP contribution in [0.4, 0.5) is 0 Å². The molecule has 2 aromatic heterocycles. The third-order valence-corrected chi connectivity index (χ3v) is 3.58. The van der Waals surface area contributed by atoms with Crippen LogP contribution in [0, 0.1) is 6.92 Å². The van der Waals surface area contributed by atoms with Crippen molar-refractivity contribution >= 4 is 10.1 Å². The SMILES string of the molecule is COc1cc(OC)nc(Oc2ccc(C)nc2C(O)S(=O)(=O)[O-])n1.[Na+]. The Bertz CT molecular complexity index is 825. The van der Waals surface area contributed by atoms with Gasteiger partial charge in [0.2, 0.25) is 11.8 Å². The van der Waals surface area contributed by atoms with Crippen LogP contribution in [0.5, 0.6) is 23.5 Å². The van der Waals surface area contributed by atoms with Crippen LogP contribution in [0.15, 0.2) is 18.2 Å². The first-order valence-corrected chi connectivity index (χ1v) is 7.97. The molecule has 25 heavy (non-hydrogen) atoms. The van der Waals surface area contributed by atoms with Gasteiger partial charge in [-0.1, -0.05) is 0 Å². The van der Waals surface area contributed by atoms with E-state index in [2.05, 4.69) is 15.0 Å². The molecular weight excluding hydrogens is 365 g/mol. The van der Waals surface area contributed by atoms with Crippen molar-refractivity contribution in [3.05, 3.63) is 29.6 Å². The van der Waals surface area contributed by atoms with Crippen LogP contribution in [-0.4, -0.2) is 47.2 Å². The molecule has 2 aromatic rings. The van der Waals surface area contributed by atoms with E-state index >= 15 is 0 Å². The van der Waals surface area contributed by atoms with Gasteiger partial charge in [-0.3, -0.25) is 4.98 Å². The monoisotopic (exact) mass is 379 g/mol. The number of hydrogen-bond acceptors (Lipinski definition) is 10. The number of aliphatic hydroxyl groups is 1. The van der Waals surface area contributed by atoms with Crippen molar-refractivity contribution in [1.82, 2.24) is 15.0 Å². The van der Waals surface area contributed by atoms with E-state index < -0.39 is 21.2 Å². The number of rotatable bonds is 6. The van der Waals surface area contributed by atoms with E-state index in [0.29, 0.717) is 5.69 Å². The number of hydrogen-bond donors (Lipinski definition) is 1. The van der Waals surface area contributed by atoms with Crippen LogP contribution >= 0.6 is 0 Å². The van der Waals surface area contributed by atoms with Gasteiger partial charge in [0.1, 0.15) is 15.8 Å². The van der Waals surface area contributed by atoms with Crippen LogP contribution in [0.25, 0.3) is 0 Å². The van der Waals surface area contributed by atoms with Crippen molar-refractivity contribution in [2.75, 3.05) is 14.2 Å². The molecule has 1 N–H and O–H groups in total. The maximum absolute atomic E-state index is 11.1. The maximum atomic E-state index is 11.1. The van der Waals surface area contributed by atoms with Crippen molar-refractivity contribution in [3.8, 4) is 23.5 Å². The van der Waals surface area contributed by atoms with E-state index in [1.54, 1.807) is 6.92 Å². The van der Waals surface area contributed by atoms with Crippen LogP contribution in [0.2, 0.25) is 0 Å². The van der Waals surface area contributed by atoms with Crippen molar-refractivity contribution in [3.63, 3.8) is 0 Å². The molecule has 10 nitrogen and oxygen atoms in total. The van der Waals surface area contributed by atoms with E-state index in [4.69, 9.17) is 14.2 Å². The Balaban J connectivity index is 0.00000312. The second-order valence-corrected chi connectivity index (χ2v) is 5.95. The number of aromatic nitrogens is 3. The molecule has 1 unspecified atom stereocenters. The molecule has 0 aromatic carbocycles. The first-order chi connectivity index (χ1) is 11.2. The van der Waals surface area contributed by atoms with E-state index in [9.17, 15) is 18.1 Å². The Labute approximate surface area is 166 Å². The molecule has 0 bridgehead atoms. The molecule has 2 heterocycles. The third-order valence-electron chi connectivity index (χ3n) is 2.81. The van der Waals surface area contributed by atoms with Crippen LogP contribution in [-0.2, 0) is 10.1 Å². The fourth-order valence-electron chi connectivity index (χ4n) is 1.70. The van der Waals surface area contributed by atoms with Gasteiger partial charge < -0.3 is 23.9 Å². The Morgan fingerprint density at radius 2 is 1.68 bits per heavy atom. The summed E-state index contributed by atoms with van der Waals surface area (Å²) >= 11 is 0. The fourth-order valence-corrected chi connectivity index (χ4v) is 2.14. The number of ether oxygens (including phenoxy) is 3. The summed E-state index contributed by atoms with van der Waals surface area (Å²) in [5.41, 5.74) is -2.47. The van der Waals surface area contributed by atoms with Crippen molar-refractivity contribution in [1.29, 1.82) is 0 Å². The summed E-state index contributed by atoms with van der Waals surface area (Å²) in [4.78, 5) is 11.7. The number of methoxy groups -OCH3 is 2. The minimum absolute atomic E-state index is 0. The molecule has 0 spiro atoms. The molecule has 0 saturated heterocycles. The molecule has 0 amide bonds. The van der Waals surface area contributed by atoms with E-state index in [0.717, 1.165) is 0 Å². The van der Waals surface area contributed by atoms with E-state index in [1.165, 1.54) is 32.4 Å². The zero-order valence-corrected chi connectivity index (χ0v) is 16.8. The summed E-state index contributed by atoms with van der Waals surface area (Å²) < 4.78 is 48.5. The molecule has 0 fully saturated rings.